The van der Waals surface area contributed by atoms with E-state index < -0.39 is 23.2 Å². The third-order valence-electron chi connectivity index (χ3n) is 3.09. The predicted octanol–water partition coefficient (Wildman–Crippen LogP) is 3.43. The lowest BCUT2D eigenvalue weighted by Gasteiger charge is -2.14. The second kappa shape index (κ2) is 5.59. The molecule has 116 valence electrons. The molecule has 1 amide bonds. The van der Waals surface area contributed by atoms with Crippen LogP contribution in [0.5, 0.6) is 0 Å². The summed E-state index contributed by atoms with van der Waals surface area (Å²) >= 11 is 0. The zero-order valence-electron chi connectivity index (χ0n) is 11.7. The van der Waals surface area contributed by atoms with Crippen LogP contribution in [0.4, 0.5) is 30.2 Å². The highest BCUT2D eigenvalue weighted by Gasteiger charge is 2.35. The molecule has 0 saturated carbocycles. The van der Waals surface area contributed by atoms with Crippen LogP contribution in [0, 0.1) is 6.92 Å². The van der Waals surface area contributed by atoms with Crippen molar-refractivity contribution in [1.82, 2.24) is 0 Å². The Bertz CT molecular complexity index is 726. The normalized spacial score (nSPS) is 11.3. The number of aryl methyl sites for hydroxylation is 1. The van der Waals surface area contributed by atoms with Crippen LogP contribution in [0.2, 0.25) is 0 Å². The summed E-state index contributed by atoms with van der Waals surface area (Å²) in [5.74, 6) is -0.861. The number of amides is 1. The quantitative estimate of drug-likeness (QED) is 0.743. The van der Waals surface area contributed by atoms with Crippen molar-refractivity contribution < 1.29 is 18.0 Å². The van der Waals surface area contributed by atoms with Gasteiger partial charge in [-0.3, -0.25) is 4.79 Å². The minimum Gasteiger partial charge on any atom is -0.399 e. The van der Waals surface area contributed by atoms with Gasteiger partial charge in [-0.25, -0.2) is 0 Å². The number of nitrogens with two attached hydrogens (primary N) is 2. The highest BCUT2D eigenvalue weighted by Crippen LogP contribution is 2.33. The van der Waals surface area contributed by atoms with Crippen molar-refractivity contribution in [1.29, 1.82) is 0 Å². The van der Waals surface area contributed by atoms with Crippen molar-refractivity contribution in [3.63, 3.8) is 0 Å². The SMILES string of the molecule is Cc1cc(N)ccc1NC(=O)c1ccc(N)cc1C(F)(F)F. The van der Waals surface area contributed by atoms with E-state index in [-0.39, 0.29) is 5.69 Å². The van der Waals surface area contributed by atoms with Gasteiger partial charge in [-0.2, -0.15) is 13.2 Å². The molecule has 2 aromatic carbocycles. The van der Waals surface area contributed by atoms with E-state index in [2.05, 4.69) is 5.32 Å². The molecule has 0 heterocycles. The molecule has 4 nitrogen and oxygen atoms in total. The third kappa shape index (κ3) is 3.30. The lowest BCUT2D eigenvalue weighted by Crippen LogP contribution is -2.19. The Morgan fingerprint density at radius 3 is 2.23 bits per heavy atom. The molecule has 22 heavy (non-hydrogen) atoms. The summed E-state index contributed by atoms with van der Waals surface area (Å²) in [7, 11) is 0. The van der Waals surface area contributed by atoms with Crippen LogP contribution in [0.15, 0.2) is 36.4 Å². The van der Waals surface area contributed by atoms with Crippen molar-refractivity contribution in [2.24, 2.45) is 0 Å². The fourth-order valence-electron chi connectivity index (χ4n) is 2.01. The first-order chi connectivity index (χ1) is 10.2. The fourth-order valence-corrected chi connectivity index (χ4v) is 2.01. The van der Waals surface area contributed by atoms with Gasteiger partial charge in [0.2, 0.25) is 0 Å². The minimum atomic E-state index is -4.67. The van der Waals surface area contributed by atoms with Crippen LogP contribution in [0.1, 0.15) is 21.5 Å². The van der Waals surface area contributed by atoms with Gasteiger partial charge < -0.3 is 16.8 Å². The number of anilines is 3. The summed E-state index contributed by atoms with van der Waals surface area (Å²) in [6.07, 6.45) is -4.67. The Morgan fingerprint density at radius 1 is 1.05 bits per heavy atom. The van der Waals surface area contributed by atoms with Crippen LogP contribution in [-0.2, 0) is 6.18 Å². The molecule has 0 aromatic heterocycles. The van der Waals surface area contributed by atoms with E-state index in [1.54, 1.807) is 19.1 Å². The number of nitrogens with one attached hydrogen (secondary N) is 1. The van der Waals surface area contributed by atoms with Crippen molar-refractivity contribution in [3.8, 4) is 0 Å². The summed E-state index contributed by atoms with van der Waals surface area (Å²) in [5, 5.41) is 2.45. The number of carbonyl (C=O) groups is 1. The number of nitrogen functional groups attached to an aromatic ring is 2. The van der Waals surface area contributed by atoms with E-state index in [1.165, 1.54) is 12.1 Å². The monoisotopic (exact) mass is 309 g/mol. The Balaban J connectivity index is 2.38. The lowest BCUT2D eigenvalue weighted by molar-refractivity contribution is -0.137. The molecule has 0 radical (unpaired) electrons. The standard InChI is InChI=1S/C15H14F3N3O/c1-8-6-9(19)3-5-13(8)21-14(22)11-4-2-10(20)7-12(11)15(16,17)18/h2-7H,19-20H2,1H3,(H,21,22). The highest BCUT2D eigenvalue weighted by molar-refractivity contribution is 6.06. The van der Waals surface area contributed by atoms with Crippen LogP contribution in [-0.4, -0.2) is 5.91 Å². The fraction of sp³-hybridized carbons (Fsp3) is 0.133. The third-order valence-corrected chi connectivity index (χ3v) is 3.09. The largest absolute Gasteiger partial charge is 0.417 e. The van der Waals surface area contributed by atoms with Crippen LogP contribution in [0.3, 0.4) is 0 Å². The van der Waals surface area contributed by atoms with Crippen molar-refractivity contribution in [2.75, 3.05) is 16.8 Å². The zero-order chi connectivity index (χ0) is 16.5. The number of halogens is 3. The smallest absolute Gasteiger partial charge is 0.399 e. The second-order valence-corrected chi connectivity index (χ2v) is 4.83. The van der Waals surface area contributed by atoms with E-state index in [0.29, 0.717) is 16.9 Å². The summed E-state index contributed by atoms with van der Waals surface area (Å²) in [6, 6.07) is 7.75. The van der Waals surface area contributed by atoms with Crippen molar-refractivity contribution in [3.05, 3.63) is 53.1 Å². The Labute approximate surface area is 124 Å². The number of alkyl halides is 3. The van der Waals surface area contributed by atoms with E-state index in [9.17, 15) is 18.0 Å². The highest BCUT2D eigenvalue weighted by atomic mass is 19.4. The summed E-state index contributed by atoms with van der Waals surface area (Å²) in [4.78, 5) is 12.1. The zero-order valence-corrected chi connectivity index (χ0v) is 11.7. The second-order valence-electron chi connectivity index (χ2n) is 4.83. The van der Waals surface area contributed by atoms with E-state index in [1.807, 2.05) is 0 Å². The minimum absolute atomic E-state index is 0.0625. The first-order valence-corrected chi connectivity index (χ1v) is 6.32. The first kappa shape index (κ1) is 15.7. The van der Waals surface area contributed by atoms with Crippen molar-refractivity contribution in [2.45, 2.75) is 13.1 Å². The number of hydrogen-bond donors (Lipinski definition) is 3. The Morgan fingerprint density at radius 2 is 1.64 bits per heavy atom. The molecule has 0 fully saturated rings. The van der Waals surface area contributed by atoms with E-state index in [0.717, 1.165) is 12.1 Å². The molecule has 7 heteroatoms. The van der Waals surface area contributed by atoms with Gasteiger partial charge >= 0.3 is 6.18 Å². The average molecular weight is 309 g/mol. The number of hydrogen-bond acceptors (Lipinski definition) is 3. The van der Waals surface area contributed by atoms with Gasteiger partial charge in [-0.15, -0.1) is 0 Å². The number of rotatable bonds is 2. The van der Waals surface area contributed by atoms with Crippen molar-refractivity contribution >= 4 is 23.0 Å². The van der Waals surface area contributed by atoms with Gasteiger partial charge in [0, 0.05) is 17.1 Å². The molecule has 0 aliphatic heterocycles. The molecule has 0 aliphatic carbocycles. The summed E-state index contributed by atoms with van der Waals surface area (Å²) < 4.78 is 39.0. The van der Waals surface area contributed by atoms with Gasteiger partial charge in [-0.1, -0.05) is 0 Å². The maximum atomic E-state index is 13.0. The molecule has 0 spiro atoms. The average Bonchev–Trinajstić information content (AvgIpc) is 2.40. The van der Waals surface area contributed by atoms with Gasteiger partial charge in [0.05, 0.1) is 11.1 Å². The Kier molecular flexibility index (Phi) is 3.99. The number of benzene rings is 2. The van der Waals surface area contributed by atoms with Crippen LogP contribution in [0.25, 0.3) is 0 Å². The molecule has 0 saturated heterocycles. The van der Waals surface area contributed by atoms with E-state index in [4.69, 9.17) is 11.5 Å². The summed E-state index contributed by atoms with van der Waals surface area (Å²) in [5.41, 5.74) is 10.9. The maximum Gasteiger partial charge on any atom is 0.417 e. The molecular weight excluding hydrogens is 295 g/mol. The van der Waals surface area contributed by atoms with Crippen LogP contribution < -0.4 is 16.8 Å². The first-order valence-electron chi connectivity index (χ1n) is 6.32. The topological polar surface area (TPSA) is 81.1 Å². The summed E-state index contributed by atoms with van der Waals surface area (Å²) in [6.45, 7) is 1.69. The molecule has 2 aromatic rings. The number of carbonyl (C=O) groups excluding carboxylic acids is 1. The lowest BCUT2D eigenvalue weighted by atomic mass is 10.0. The molecule has 5 N–H and O–H groups in total. The van der Waals surface area contributed by atoms with Gasteiger partial charge in [0.1, 0.15) is 0 Å². The molecule has 0 aliphatic rings. The predicted molar refractivity (Wildman–Crippen MR) is 79.4 cm³/mol. The van der Waals surface area contributed by atoms with E-state index >= 15 is 0 Å². The Hall–Kier alpha value is -2.70. The molecular formula is C15H14F3N3O. The molecule has 0 unspecified atom stereocenters. The maximum absolute atomic E-state index is 13.0. The van der Waals surface area contributed by atoms with Gasteiger partial charge in [0.25, 0.3) is 5.91 Å². The van der Waals surface area contributed by atoms with Crippen LogP contribution >= 0.6 is 0 Å². The van der Waals surface area contributed by atoms with Gasteiger partial charge in [0.15, 0.2) is 0 Å². The molecule has 0 bridgehead atoms. The molecule has 2 rings (SSSR count). The molecule has 0 atom stereocenters. The van der Waals surface area contributed by atoms with Gasteiger partial charge in [-0.05, 0) is 48.9 Å².